The number of aryl methyl sites for hydroxylation is 1. The molecular formula is C14H21N7O2. The van der Waals surface area contributed by atoms with Crippen LogP contribution in [0.1, 0.15) is 50.2 Å². The van der Waals surface area contributed by atoms with Crippen molar-refractivity contribution in [3.63, 3.8) is 0 Å². The number of tetrazole rings is 1. The Morgan fingerprint density at radius 2 is 2.22 bits per heavy atom. The zero-order valence-electron chi connectivity index (χ0n) is 13.2. The van der Waals surface area contributed by atoms with Crippen molar-refractivity contribution in [2.75, 3.05) is 0 Å². The second-order valence-corrected chi connectivity index (χ2v) is 6.26. The molecule has 23 heavy (non-hydrogen) atoms. The van der Waals surface area contributed by atoms with Gasteiger partial charge in [0.05, 0.1) is 13.1 Å². The van der Waals surface area contributed by atoms with Crippen molar-refractivity contribution in [1.82, 2.24) is 35.7 Å². The van der Waals surface area contributed by atoms with Gasteiger partial charge in [0, 0.05) is 6.42 Å². The number of carbonyl (C=O) groups is 1. The standard InChI is InChI=1S/C14H21N7O2/c1-11-17-13(23-18-11)8-15-12(22)7-14(5-3-2-4-6-14)9-21-10-16-19-20-21/h10H,2-9H2,1H3,(H,15,22). The molecule has 3 rings (SSSR count). The van der Waals surface area contributed by atoms with Crippen LogP contribution >= 0.6 is 0 Å². The highest BCUT2D eigenvalue weighted by molar-refractivity contribution is 5.76. The van der Waals surface area contributed by atoms with Gasteiger partial charge in [-0.2, -0.15) is 4.98 Å². The highest BCUT2D eigenvalue weighted by atomic mass is 16.5. The maximum absolute atomic E-state index is 12.4. The van der Waals surface area contributed by atoms with Gasteiger partial charge in [0.1, 0.15) is 6.33 Å². The van der Waals surface area contributed by atoms with E-state index in [2.05, 4.69) is 31.0 Å². The average molecular weight is 319 g/mol. The van der Waals surface area contributed by atoms with Crippen molar-refractivity contribution in [3.05, 3.63) is 18.0 Å². The zero-order chi connectivity index (χ0) is 16.1. The van der Waals surface area contributed by atoms with Gasteiger partial charge in [-0.3, -0.25) is 4.79 Å². The van der Waals surface area contributed by atoms with Gasteiger partial charge in [0.2, 0.25) is 11.8 Å². The van der Waals surface area contributed by atoms with Crippen molar-refractivity contribution in [3.8, 4) is 0 Å². The highest BCUT2D eigenvalue weighted by Crippen LogP contribution is 2.40. The summed E-state index contributed by atoms with van der Waals surface area (Å²) >= 11 is 0. The summed E-state index contributed by atoms with van der Waals surface area (Å²) in [5.41, 5.74) is -0.0809. The molecule has 9 heteroatoms. The maximum atomic E-state index is 12.4. The number of nitrogens with one attached hydrogen (secondary N) is 1. The number of hydrogen-bond donors (Lipinski definition) is 1. The summed E-state index contributed by atoms with van der Waals surface area (Å²) in [6, 6.07) is 0. The first-order valence-electron chi connectivity index (χ1n) is 7.92. The minimum absolute atomic E-state index is 0.00386. The normalized spacial score (nSPS) is 17.1. The van der Waals surface area contributed by atoms with E-state index in [0.29, 0.717) is 24.7 Å². The Bertz CT molecular complexity index is 631. The molecule has 1 fully saturated rings. The molecule has 2 aromatic rings. The summed E-state index contributed by atoms with van der Waals surface area (Å²) < 4.78 is 6.73. The minimum atomic E-state index is -0.0809. The number of nitrogens with zero attached hydrogens (tertiary/aromatic N) is 6. The first kappa shape index (κ1) is 15.6. The van der Waals surface area contributed by atoms with Crippen LogP contribution in [0.25, 0.3) is 0 Å². The largest absolute Gasteiger partial charge is 0.347 e. The molecule has 0 spiro atoms. The monoisotopic (exact) mass is 319 g/mol. The van der Waals surface area contributed by atoms with E-state index in [0.717, 1.165) is 25.7 Å². The fourth-order valence-corrected chi connectivity index (χ4v) is 3.28. The third-order valence-electron chi connectivity index (χ3n) is 4.35. The SMILES string of the molecule is Cc1noc(CNC(=O)CC2(Cn3cnnn3)CCCCC2)n1. The second-order valence-electron chi connectivity index (χ2n) is 6.26. The molecule has 124 valence electrons. The average Bonchev–Trinajstić information content (AvgIpc) is 3.17. The van der Waals surface area contributed by atoms with E-state index in [4.69, 9.17) is 4.52 Å². The van der Waals surface area contributed by atoms with Gasteiger partial charge < -0.3 is 9.84 Å². The molecule has 0 bridgehead atoms. The molecule has 0 aromatic carbocycles. The molecule has 0 radical (unpaired) electrons. The lowest BCUT2D eigenvalue weighted by Crippen LogP contribution is -2.36. The van der Waals surface area contributed by atoms with Gasteiger partial charge in [0.25, 0.3) is 0 Å². The molecule has 0 unspecified atom stereocenters. The quantitative estimate of drug-likeness (QED) is 0.846. The van der Waals surface area contributed by atoms with Crippen LogP contribution in [0.15, 0.2) is 10.9 Å². The van der Waals surface area contributed by atoms with Crippen LogP contribution in [-0.4, -0.2) is 36.3 Å². The lowest BCUT2D eigenvalue weighted by atomic mass is 9.71. The highest BCUT2D eigenvalue weighted by Gasteiger charge is 2.35. The Labute approximate surface area is 133 Å². The van der Waals surface area contributed by atoms with Crippen LogP contribution in [-0.2, 0) is 17.9 Å². The molecule has 0 atom stereocenters. The summed E-state index contributed by atoms with van der Waals surface area (Å²) in [5, 5.41) is 17.9. The molecule has 0 aliphatic heterocycles. The smallest absolute Gasteiger partial charge is 0.246 e. The van der Waals surface area contributed by atoms with Gasteiger partial charge in [-0.25, -0.2) is 4.68 Å². The van der Waals surface area contributed by atoms with Crippen molar-refractivity contribution < 1.29 is 9.32 Å². The van der Waals surface area contributed by atoms with Gasteiger partial charge in [-0.15, -0.1) is 5.10 Å². The molecule has 9 nitrogen and oxygen atoms in total. The topological polar surface area (TPSA) is 112 Å². The Morgan fingerprint density at radius 1 is 1.39 bits per heavy atom. The Hall–Kier alpha value is -2.32. The van der Waals surface area contributed by atoms with Gasteiger partial charge in [-0.1, -0.05) is 24.4 Å². The first-order valence-corrected chi connectivity index (χ1v) is 7.92. The van der Waals surface area contributed by atoms with Crippen LogP contribution in [0.3, 0.4) is 0 Å². The van der Waals surface area contributed by atoms with Crippen molar-refractivity contribution in [2.24, 2.45) is 5.41 Å². The van der Waals surface area contributed by atoms with Crippen molar-refractivity contribution >= 4 is 5.91 Å². The lowest BCUT2D eigenvalue weighted by Gasteiger charge is -2.36. The predicted octanol–water partition coefficient (Wildman–Crippen LogP) is 1.02. The first-order chi connectivity index (χ1) is 11.2. The summed E-state index contributed by atoms with van der Waals surface area (Å²) in [7, 11) is 0. The van der Waals surface area contributed by atoms with Crippen molar-refractivity contribution in [2.45, 2.75) is 58.5 Å². The fraction of sp³-hybridized carbons (Fsp3) is 0.714. The molecule has 1 N–H and O–H groups in total. The Kier molecular flexibility index (Phi) is 4.63. The van der Waals surface area contributed by atoms with Gasteiger partial charge in [0.15, 0.2) is 5.82 Å². The summed E-state index contributed by atoms with van der Waals surface area (Å²) in [6.45, 7) is 2.69. The molecule has 1 aliphatic rings. The van der Waals surface area contributed by atoms with Crippen LogP contribution in [0, 0.1) is 12.3 Å². The summed E-state index contributed by atoms with van der Waals surface area (Å²) in [6.07, 6.45) is 7.59. The molecule has 1 amide bonds. The summed E-state index contributed by atoms with van der Waals surface area (Å²) in [5.74, 6) is 0.988. The van der Waals surface area contributed by atoms with Crippen LogP contribution < -0.4 is 5.32 Å². The maximum Gasteiger partial charge on any atom is 0.246 e. The van der Waals surface area contributed by atoms with E-state index in [-0.39, 0.29) is 17.9 Å². The lowest BCUT2D eigenvalue weighted by molar-refractivity contribution is -0.124. The number of hydrogen-bond acceptors (Lipinski definition) is 7. The molecule has 2 heterocycles. The molecule has 0 saturated heterocycles. The molecule has 2 aromatic heterocycles. The van der Waals surface area contributed by atoms with Gasteiger partial charge in [-0.05, 0) is 35.6 Å². The molecular weight excluding hydrogens is 298 g/mol. The Morgan fingerprint density at radius 3 is 2.87 bits per heavy atom. The van der Waals surface area contributed by atoms with Crippen LogP contribution in [0.2, 0.25) is 0 Å². The van der Waals surface area contributed by atoms with E-state index in [1.165, 1.54) is 6.42 Å². The second kappa shape index (κ2) is 6.84. The number of rotatable bonds is 6. The van der Waals surface area contributed by atoms with Gasteiger partial charge >= 0.3 is 0 Å². The zero-order valence-corrected chi connectivity index (χ0v) is 13.2. The third kappa shape index (κ3) is 4.11. The van der Waals surface area contributed by atoms with E-state index >= 15 is 0 Å². The third-order valence-corrected chi connectivity index (χ3v) is 4.35. The fourth-order valence-electron chi connectivity index (χ4n) is 3.28. The van der Waals surface area contributed by atoms with Crippen LogP contribution in [0.5, 0.6) is 0 Å². The van der Waals surface area contributed by atoms with E-state index in [1.807, 2.05) is 0 Å². The molecule has 1 saturated carbocycles. The van der Waals surface area contributed by atoms with Crippen molar-refractivity contribution in [1.29, 1.82) is 0 Å². The number of aromatic nitrogens is 6. The Balaban J connectivity index is 1.59. The van der Waals surface area contributed by atoms with E-state index < -0.39 is 0 Å². The minimum Gasteiger partial charge on any atom is -0.347 e. The van der Waals surface area contributed by atoms with Crippen LogP contribution in [0.4, 0.5) is 0 Å². The van der Waals surface area contributed by atoms with E-state index in [9.17, 15) is 4.79 Å². The van der Waals surface area contributed by atoms with E-state index in [1.54, 1.807) is 17.9 Å². The molecule has 1 aliphatic carbocycles. The number of amides is 1. The summed E-state index contributed by atoms with van der Waals surface area (Å²) in [4.78, 5) is 16.4. The number of carbonyl (C=O) groups excluding carboxylic acids is 1. The predicted molar refractivity (Wildman–Crippen MR) is 78.8 cm³/mol.